The van der Waals surface area contributed by atoms with E-state index in [0.717, 1.165) is 49.2 Å². The van der Waals surface area contributed by atoms with Crippen LogP contribution in [0.3, 0.4) is 0 Å². The lowest BCUT2D eigenvalue weighted by Gasteiger charge is -2.58. The largest absolute Gasteiger partial charge is 0.497 e. The van der Waals surface area contributed by atoms with Crippen molar-refractivity contribution in [2.45, 2.75) is 139 Å². The summed E-state index contributed by atoms with van der Waals surface area (Å²) in [6.45, 7) is 5.40. The Morgan fingerprint density at radius 3 is 2.22 bits per heavy atom. The fraction of sp³-hybridized carbons (Fsp3) is 0.780. The van der Waals surface area contributed by atoms with Gasteiger partial charge in [0.25, 0.3) is 0 Å². The van der Waals surface area contributed by atoms with Gasteiger partial charge < -0.3 is 64.2 Å². The zero-order valence-corrected chi connectivity index (χ0v) is 32.4. The number of aliphatic hydroxyl groups is 7. The molecule has 4 aliphatic carbocycles. The summed E-state index contributed by atoms with van der Waals surface area (Å²) in [4.78, 5) is 13.5. The molecular weight excluding hydrogens is 716 g/mol. The van der Waals surface area contributed by atoms with Gasteiger partial charge in [-0.25, -0.2) is 0 Å². The van der Waals surface area contributed by atoms with Crippen molar-refractivity contribution >= 4 is 5.78 Å². The first-order valence-electron chi connectivity index (χ1n) is 19.9. The van der Waals surface area contributed by atoms with Gasteiger partial charge in [-0.1, -0.05) is 25.5 Å². The number of carbonyl (C=O) groups is 1. The third-order valence-electron chi connectivity index (χ3n) is 14.7. The monoisotopic (exact) mass is 776 g/mol. The van der Waals surface area contributed by atoms with E-state index in [1.807, 2.05) is 18.2 Å². The van der Waals surface area contributed by atoms with Crippen molar-refractivity contribution in [2.24, 2.45) is 34.5 Å². The summed E-state index contributed by atoms with van der Waals surface area (Å²) in [5, 5.41) is 72.5. The molecule has 1 aromatic carbocycles. The number of allylic oxidation sites excluding steroid dienone is 1. The van der Waals surface area contributed by atoms with Gasteiger partial charge in [-0.3, -0.25) is 4.79 Å². The van der Waals surface area contributed by atoms with E-state index in [1.54, 1.807) is 21.1 Å². The molecule has 6 aliphatic rings. The number of fused-ring (bicyclic) bond motifs is 5. The molecule has 0 bridgehead atoms. The van der Waals surface area contributed by atoms with Gasteiger partial charge in [0, 0.05) is 11.5 Å². The first-order valence-corrected chi connectivity index (χ1v) is 19.9. The molecule has 7 rings (SSSR count). The first kappa shape index (κ1) is 41.0. The van der Waals surface area contributed by atoms with Gasteiger partial charge in [0.15, 0.2) is 12.6 Å². The normalized spacial score (nSPS) is 46.9. The van der Waals surface area contributed by atoms with Crippen LogP contribution in [-0.4, -0.2) is 136 Å². The summed E-state index contributed by atoms with van der Waals surface area (Å²) in [5.41, 5.74) is 2.15. The Bertz CT molecular complexity index is 1570. The molecule has 5 fully saturated rings. The van der Waals surface area contributed by atoms with Gasteiger partial charge in [0.2, 0.25) is 0 Å². The molecule has 18 atom stereocenters. The van der Waals surface area contributed by atoms with E-state index >= 15 is 0 Å². The molecule has 2 heterocycles. The van der Waals surface area contributed by atoms with Crippen LogP contribution in [0.15, 0.2) is 29.8 Å². The van der Waals surface area contributed by atoms with E-state index in [0.29, 0.717) is 30.6 Å². The molecule has 0 spiro atoms. The molecule has 0 aromatic heterocycles. The fourth-order valence-electron chi connectivity index (χ4n) is 11.7. The maximum atomic E-state index is 13.5. The Morgan fingerprint density at radius 1 is 0.855 bits per heavy atom. The van der Waals surface area contributed by atoms with E-state index in [2.05, 4.69) is 19.9 Å². The summed E-state index contributed by atoms with van der Waals surface area (Å²) in [5.74, 6) is 2.87. The van der Waals surface area contributed by atoms with Crippen molar-refractivity contribution in [1.29, 1.82) is 0 Å². The number of hydrogen-bond acceptors (Lipinski definition) is 14. The second-order valence-corrected chi connectivity index (χ2v) is 17.4. The van der Waals surface area contributed by atoms with Crippen LogP contribution in [-0.2, 0) is 23.7 Å². The first-order chi connectivity index (χ1) is 26.2. The highest BCUT2D eigenvalue weighted by Gasteiger charge is 2.63. The molecule has 0 radical (unpaired) electrons. The smallest absolute Gasteiger partial charge is 0.186 e. The molecule has 1 aromatic rings. The van der Waals surface area contributed by atoms with E-state index < -0.39 is 74.6 Å². The molecule has 14 heteroatoms. The van der Waals surface area contributed by atoms with Gasteiger partial charge in [-0.05, 0) is 105 Å². The predicted molar refractivity (Wildman–Crippen MR) is 195 cm³/mol. The van der Waals surface area contributed by atoms with Crippen molar-refractivity contribution in [2.75, 3.05) is 27.4 Å². The highest BCUT2D eigenvalue weighted by molar-refractivity contribution is 5.81. The topological polar surface area (TPSA) is 214 Å². The van der Waals surface area contributed by atoms with Gasteiger partial charge >= 0.3 is 0 Å². The Balaban J connectivity index is 1.04. The Hall–Kier alpha value is -2.21. The zero-order chi connectivity index (χ0) is 39.6. The van der Waals surface area contributed by atoms with Crippen LogP contribution in [0, 0.1) is 34.5 Å². The number of hydrogen-bond donors (Lipinski definition) is 7. The van der Waals surface area contributed by atoms with Crippen molar-refractivity contribution in [3.63, 3.8) is 0 Å². The van der Waals surface area contributed by atoms with E-state index in [1.165, 1.54) is 5.57 Å². The molecule has 3 saturated carbocycles. The van der Waals surface area contributed by atoms with E-state index in [9.17, 15) is 40.5 Å². The van der Waals surface area contributed by atoms with Crippen LogP contribution in [0.5, 0.6) is 11.5 Å². The molecule has 14 nitrogen and oxygen atoms in total. The minimum atomic E-state index is -1.65. The van der Waals surface area contributed by atoms with E-state index in [4.69, 9.17) is 28.4 Å². The van der Waals surface area contributed by atoms with Gasteiger partial charge in [-0.15, -0.1) is 0 Å². The average Bonchev–Trinajstić information content (AvgIpc) is 3.50. The molecule has 2 aliphatic heterocycles. The number of carbonyl (C=O) groups excluding carboxylic acids is 1. The highest BCUT2D eigenvalue weighted by Crippen LogP contribution is 2.69. The lowest BCUT2D eigenvalue weighted by molar-refractivity contribution is -0.336. The Morgan fingerprint density at radius 2 is 1.55 bits per heavy atom. The summed E-state index contributed by atoms with van der Waals surface area (Å²) in [7, 11) is 3.33. The van der Waals surface area contributed by atoms with Crippen LogP contribution in [0.4, 0.5) is 0 Å². The number of rotatable bonds is 10. The molecule has 2 saturated heterocycles. The maximum absolute atomic E-state index is 13.5. The summed E-state index contributed by atoms with van der Waals surface area (Å²) in [6, 6.07) is 5.88. The number of ether oxygens (including phenoxy) is 6. The second-order valence-electron chi connectivity index (χ2n) is 17.4. The number of aliphatic hydroxyl groups excluding tert-OH is 7. The molecule has 308 valence electrons. The van der Waals surface area contributed by atoms with Crippen LogP contribution in [0.1, 0.15) is 77.2 Å². The number of ketones is 1. The van der Waals surface area contributed by atoms with Crippen LogP contribution in [0.25, 0.3) is 0 Å². The molecule has 55 heavy (non-hydrogen) atoms. The third-order valence-corrected chi connectivity index (χ3v) is 14.7. The van der Waals surface area contributed by atoms with Gasteiger partial charge in [0.05, 0.1) is 33.5 Å². The number of methoxy groups -OCH3 is 2. The van der Waals surface area contributed by atoms with Gasteiger partial charge in [-0.2, -0.15) is 0 Å². The Kier molecular flexibility index (Phi) is 11.8. The summed E-state index contributed by atoms with van der Waals surface area (Å²) >= 11 is 0. The van der Waals surface area contributed by atoms with Crippen molar-refractivity contribution in [1.82, 2.24) is 0 Å². The standard InChI is InChI=1S/C41H60O14/c1-19(43)31-25(24-15-21(50-4)7-9-28(24)51-5)16-27-23-8-6-20-14-22(10-12-40(20,2)26(23)11-13-41(27,31)3)53-39-37(49)35(47)33(45)30(55-39)18-52-38-36(48)34(46)32(44)29(17-42)54-38/h6-7,9,15,22-23,25-27,29-39,42,44-49H,8,10-14,16-18H2,1-5H3/t22?,23?,25?,26?,27?,29-,30-,31?,32-,33-,34+,35+,36-,37-,38+,39?,40?,41?/m1/s1. The quantitative estimate of drug-likeness (QED) is 0.168. The molecule has 7 N–H and O–H groups in total. The van der Waals surface area contributed by atoms with Crippen LogP contribution >= 0.6 is 0 Å². The zero-order valence-electron chi connectivity index (χ0n) is 32.4. The highest BCUT2D eigenvalue weighted by atomic mass is 16.7. The van der Waals surface area contributed by atoms with Crippen molar-refractivity contribution < 1.29 is 69.0 Å². The summed E-state index contributed by atoms with van der Waals surface area (Å²) in [6.07, 6.45) is -6.68. The van der Waals surface area contributed by atoms with Crippen LogP contribution in [0.2, 0.25) is 0 Å². The minimum absolute atomic E-state index is 0.0286. The average molecular weight is 777 g/mol. The molecule has 9 unspecified atom stereocenters. The fourth-order valence-corrected chi connectivity index (χ4v) is 11.7. The predicted octanol–water partition coefficient (Wildman–Crippen LogP) is 1.57. The number of Topliss-reactive ketones (excluding diaryl/α,β-unsaturated/α-hetero) is 1. The second kappa shape index (κ2) is 15.9. The van der Waals surface area contributed by atoms with Crippen LogP contribution < -0.4 is 9.47 Å². The number of benzene rings is 1. The van der Waals surface area contributed by atoms with Crippen molar-refractivity contribution in [3.8, 4) is 11.5 Å². The summed E-state index contributed by atoms with van der Waals surface area (Å²) < 4.78 is 34.7. The van der Waals surface area contributed by atoms with Crippen molar-refractivity contribution in [3.05, 3.63) is 35.4 Å². The van der Waals surface area contributed by atoms with E-state index in [-0.39, 0.29) is 34.6 Å². The molecular formula is C41H60O14. The SMILES string of the molecule is COc1ccc(OC)c(C2CC3C4CC=C5CC(OC6O[C@H](CO[C@H]7O[C@H](CO)[C@@H](O)[C@H](O)[C@H]7O)[C@@H](O)[C@H](O)[C@H]6O)CCC5(C)C4CCC3(C)C2C(C)=O)c1. The third kappa shape index (κ3) is 7.07. The minimum Gasteiger partial charge on any atom is -0.497 e. The molecule has 0 amide bonds. The lowest BCUT2D eigenvalue weighted by atomic mass is 9.47. The Labute approximate surface area is 322 Å². The lowest BCUT2D eigenvalue weighted by Crippen LogP contribution is -2.62. The maximum Gasteiger partial charge on any atom is 0.186 e. The van der Waals surface area contributed by atoms with Gasteiger partial charge in [0.1, 0.15) is 66.1 Å².